The molecule has 2 fully saturated rings. The van der Waals surface area contributed by atoms with Crippen LogP contribution in [0.2, 0.25) is 5.02 Å². The second-order valence-corrected chi connectivity index (χ2v) is 7.90. The number of morpholine rings is 2. The lowest BCUT2D eigenvalue weighted by Crippen LogP contribution is -2.48. The number of H-pyrrole nitrogens is 1. The van der Waals surface area contributed by atoms with Crippen LogP contribution in [0.25, 0.3) is 0 Å². The highest BCUT2D eigenvalue weighted by atomic mass is 35.5. The largest absolute Gasteiger partial charge is 0.493 e. The van der Waals surface area contributed by atoms with E-state index in [0.717, 1.165) is 30.2 Å². The van der Waals surface area contributed by atoms with E-state index in [9.17, 15) is 4.79 Å². The van der Waals surface area contributed by atoms with Crippen LogP contribution < -0.4 is 4.74 Å². The summed E-state index contributed by atoms with van der Waals surface area (Å²) in [7, 11) is 0. The Hall–Kier alpha value is -2.13. The van der Waals surface area contributed by atoms with Gasteiger partial charge in [-0.25, -0.2) is 0 Å². The van der Waals surface area contributed by atoms with Crippen molar-refractivity contribution in [3.63, 3.8) is 0 Å². The molecule has 2 aliphatic rings. The summed E-state index contributed by atoms with van der Waals surface area (Å²) in [5, 5.41) is 8.10. The number of nitrogens with one attached hydrogen (secondary N) is 1. The summed E-state index contributed by atoms with van der Waals surface area (Å²) in [6, 6.07) is 9.33. The molecule has 3 heterocycles. The summed E-state index contributed by atoms with van der Waals surface area (Å²) >= 11 is 5.97. The van der Waals surface area contributed by atoms with Crippen LogP contribution in [0.1, 0.15) is 17.5 Å². The van der Waals surface area contributed by atoms with Crippen molar-refractivity contribution < 1.29 is 19.0 Å². The second-order valence-electron chi connectivity index (χ2n) is 7.46. The Bertz CT molecular complexity index is 840. The molecule has 2 aromatic rings. The molecule has 1 N–H and O–H groups in total. The van der Waals surface area contributed by atoms with E-state index in [1.807, 2.05) is 29.2 Å². The van der Waals surface area contributed by atoms with Gasteiger partial charge in [-0.3, -0.25) is 14.8 Å². The average molecular weight is 435 g/mol. The minimum Gasteiger partial charge on any atom is -0.493 e. The van der Waals surface area contributed by atoms with E-state index < -0.39 is 0 Å². The number of hydrogen-bond donors (Lipinski definition) is 1. The molecule has 4 rings (SSSR count). The first-order valence-electron chi connectivity index (χ1n) is 10.3. The average Bonchev–Trinajstić information content (AvgIpc) is 3.24. The zero-order valence-electron chi connectivity index (χ0n) is 16.9. The summed E-state index contributed by atoms with van der Waals surface area (Å²) in [5.41, 5.74) is 1.78. The summed E-state index contributed by atoms with van der Waals surface area (Å²) in [5.74, 6) is 0.878. The highest BCUT2D eigenvalue weighted by Crippen LogP contribution is 2.22. The van der Waals surface area contributed by atoms with Crippen LogP contribution in [0.5, 0.6) is 5.75 Å². The second kappa shape index (κ2) is 10.3. The van der Waals surface area contributed by atoms with Crippen LogP contribution in [-0.2, 0) is 20.7 Å². The molecule has 2 aliphatic heterocycles. The van der Waals surface area contributed by atoms with Crippen molar-refractivity contribution in [2.24, 2.45) is 0 Å². The number of carbonyl (C=O) groups is 1. The van der Waals surface area contributed by atoms with Gasteiger partial charge in [-0.15, -0.1) is 0 Å². The van der Waals surface area contributed by atoms with Crippen LogP contribution in [0.4, 0.5) is 0 Å². The smallest absolute Gasteiger partial charge is 0.236 e. The Morgan fingerprint density at radius 2 is 2.10 bits per heavy atom. The summed E-state index contributed by atoms with van der Waals surface area (Å²) < 4.78 is 17.0. The van der Waals surface area contributed by atoms with E-state index in [0.29, 0.717) is 57.5 Å². The molecule has 8 nitrogen and oxygen atoms in total. The molecule has 0 unspecified atom stereocenters. The van der Waals surface area contributed by atoms with Crippen molar-refractivity contribution in [1.82, 2.24) is 20.0 Å². The van der Waals surface area contributed by atoms with Gasteiger partial charge in [-0.1, -0.05) is 17.7 Å². The highest BCUT2D eigenvalue weighted by Gasteiger charge is 2.28. The Kier molecular flexibility index (Phi) is 7.22. The van der Waals surface area contributed by atoms with Gasteiger partial charge in [0.25, 0.3) is 0 Å². The normalized spacial score (nSPS) is 20.3. The third-order valence-corrected chi connectivity index (χ3v) is 5.53. The molecular formula is C21H27ClN4O4. The maximum atomic E-state index is 12.7. The third-order valence-electron chi connectivity index (χ3n) is 5.30. The predicted octanol–water partition coefficient (Wildman–Crippen LogP) is 1.92. The SMILES string of the molecule is O=C(CN1CCOCC1)N1CCO[C@@H](c2cc(CCOc3cccc(Cl)c3)[nH]n2)C1. The summed E-state index contributed by atoms with van der Waals surface area (Å²) in [6.45, 7) is 5.59. The molecule has 0 spiro atoms. The summed E-state index contributed by atoms with van der Waals surface area (Å²) in [4.78, 5) is 16.7. The fourth-order valence-corrected chi connectivity index (χ4v) is 3.79. The van der Waals surface area contributed by atoms with Gasteiger partial charge in [0.15, 0.2) is 0 Å². The standard InChI is InChI=1S/C21H27ClN4O4/c22-16-2-1-3-18(12-16)29-8-4-17-13-19(24-23-17)20-14-26(7-11-30-20)21(27)15-25-5-9-28-10-6-25/h1-3,12-13,20H,4-11,14-15H2,(H,23,24)/t20-/m1/s1. The topological polar surface area (TPSA) is 79.9 Å². The van der Waals surface area contributed by atoms with Crippen LogP contribution in [0.15, 0.2) is 30.3 Å². The van der Waals surface area contributed by atoms with Crippen molar-refractivity contribution in [3.8, 4) is 5.75 Å². The van der Waals surface area contributed by atoms with E-state index in [4.69, 9.17) is 25.8 Å². The monoisotopic (exact) mass is 434 g/mol. The molecule has 0 bridgehead atoms. The van der Waals surface area contributed by atoms with Gasteiger partial charge in [0, 0.05) is 36.8 Å². The maximum Gasteiger partial charge on any atom is 0.236 e. The lowest BCUT2D eigenvalue weighted by atomic mass is 10.2. The first-order valence-corrected chi connectivity index (χ1v) is 10.7. The minimum absolute atomic E-state index is 0.135. The van der Waals surface area contributed by atoms with Crippen LogP contribution in [0, 0.1) is 0 Å². The van der Waals surface area contributed by atoms with E-state index in [-0.39, 0.29) is 12.0 Å². The molecule has 0 radical (unpaired) electrons. The van der Waals surface area contributed by atoms with Gasteiger partial charge >= 0.3 is 0 Å². The number of benzene rings is 1. The minimum atomic E-state index is -0.216. The van der Waals surface area contributed by atoms with E-state index in [1.54, 1.807) is 6.07 Å². The zero-order valence-corrected chi connectivity index (χ0v) is 17.6. The quantitative estimate of drug-likeness (QED) is 0.717. The number of aromatic nitrogens is 2. The number of hydrogen-bond acceptors (Lipinski definition) is 6. The van der Waals surface area contributed by atoms with Gasteiger partial charge in [0.1, 0.15) is 11.9 Å². The fraction of sp³-hybridized carbons (Fsp3) is 0.524. The van der Waals surface area contributed by atoms with Crippen molar-refractivity contribution >= 4 is 17.5 Å². The number of amides is 1. The zero-order chi connectivity index (χ0) is 20.8. The number of aromatic amines is 1. The number of ether oxygens (including phenoxy) is 3. The van der Waals surface area contributed by atoms with E-state index in [1.165, 1.54) is 0 Å². The lowest BCUT2D eigenvalue weighted by Gasteiger charge is -2.34. The summed E-state index contributed by atoms with van der Waals surface area (Å²) in [6.07, 6.45) is 0.470. The number of carbonyl (C=O) groups excluding carboxylic acids is 1. The van der Waals surface area contributed by atoms with Crippen LogP contribution in [0.3, 0.4) is 0 Å². The fourth-order valence-electron chi connectivity index (χ4n) is 3.61. The van der Waals surface area contributed by atoms with Crippen molar-refractivity contribution in [3.05, 3.63) is 46.7 Å². The molecule has 2 saturated heterocycles. The number of nitrogens with zero attached hydrogens (tertiary/aromatic N) is 3. The molecule has 30 heavy (non-hydrogen) atoms. The molecule has 162 valence electrons. The lowest BCUT2D eigenvalue weighted by molar-refractivity contribution is -0.141. The Morgan fingerprint density at radius 3 is 2.93 bits per heavy atom. The molecule has 1 atom stereocenters. The van der Waals surface area contributed by atoms with E-state index >= 15 is 0 Å². The van der Waals surface area contributed by atoms with Gasteiger partial charge < -0.3 is 19.1 Å². The predicted molar refractivity (Wildman–Crippen MR) is 112 cm³/mol. The van der Waals surface area contributed by atoms with Crippen LogP contribution in [-0.4, -0.2) is 85.1 Å². The maximum absolute atomic E-state index is 12.7. The number of halogens is 1. The van der Waals surface area contributed by atoms with Gasteiger partial charge in [0.2, 0.25) is 5.91 Å². The molecule has 1 aromatic heterocycles. The molecule has 0 saturated carbocycles. The van der Waals surface area contributed by atoms with Gasteiger partial charge in [-0.05, 0) is 24.3 Å². The Labute approximate surface area is 181 Å². The molecule has 1 amide bonds. The van der Waals surface area contributed by atoms with Crippen molar-refractivity contribution in [2.45, 2.75) is 12.5 Å². The Morgan fingerprint density at radius 1 is 1.23 bits per heavy atom. The number of rotatable bonds is 7. The van der Waals surface area contributed by atoms with Gasteiger partial charge in [0.05, 0.1) is 45.2 Å². The van der Waals surface area contributed by atoms with Crippen LogP contribution >= 0.6 is 11.6 Å². The molecular weight excluding hydrogens is 408 g/mol. The van der Waals surface area contributed by atoms with Crippen molar-refractivity contribution in [2.75, 3.05) is 59.2 Å². The van der Waals surface area contributed by atoms with E-state index in [2.05, 4.69) is 15.1 Å². The first-order chi connectivity index (χ1) is 14.7. The molecule has 1 aromatic carbocycles. The molecule has 0 aliphatic carbocycles. The highest BCUT2D eigenvalue weighted by molar-refractivity contribution is 6.30. The molecule has 9 heteroatoms. The van der Waals surface area contributed by atoms with Gasteiger partial charge in [-0.2, -0.15) is 5.10 Å². The first kappa shape index (κ1) is 21.1. The Balaban J connectivity index is 1.26. The third kappa shape index (κ3) is 5.72. The van der Waals surface area contributed by atoms with Crippen molar-refractivity contribution in [1.29, 1.82) is 0 Å².